The van der Waals surface area contributed by atoms with Gasteiger partial charge in [0, 0.05) is 0 Å². The molecule has 0 spiro atoms. The van der Waals surface area contributed by atoms with E-state index < -0.39 is 0 Å². The van der Waals surface area contributed by atoms with Gasteiger partial charge >= 0.3 is 0 Å². The van der Waals surface area contributed by atoms with Gasteiger partial charge in [0.15, 0.2) is 0 Å². The first-order valence-electron chi connectivity index (χ1n) is 5.75. The van der Waals surface area contributed by atoms with Crippen molar-refractivity contribution in [3.63, 3.8) is 0 Å². The summed E-state index contributed by atoms with van der Waals surface area (Å²) in [6.07, 6.45) is 11.0. The van der Waals surface area contributed by atoms with Crippen LogP contribution in [0.2, 0.25) is 0 Å². The molecule has 68 valence electrons. The molecule has 0 heterocycles. The first-order chi connectivity index (χ1) is 5.75. The van der Waals surface area contributed by atoms with E-state index in [4.69, 9.17) is 0 Å². The van der Waals surface area contributed by atoms with Gasteiger partial charge < -0.3 is 0 Å². The molecule has 0 aliphatic heterocycles. The van der Waals surface area contributed by atoms with Gasteiger partial charge in [-0.05, 0) is 61.7 Å². The van der Waals surface area contributed by atoms with Gasteiger partial charge in [-0.2, -0.15) is 0 Å². The molecule has 0 aromatic carbocycles. The topological polar surface area (TPSA) is 0 Å². The molecule has 0 radical (unpaired) electrons. The van der Waals surface area contributed by atoms with E-state index in [2.05, 4.69) is 6.92 Å². The minimum atomic E-state index is 0.782. The summed E-state index contributed by atoms with van der Waals surface area (Å²) in [5.41, 5.74) is 0.782. The zero-order valence-electron chi connectivity index (χ0n) is 8.18. The Hall–Kier alpha value is 0. The number of hydrogen-bond donors (Lipinski definition) is 0. The highest BCUT2D eigenvalue weighted by Gasteiger charge is 2.46. The van der Waals surface area contributed by atoms with Gasteiger partial charge in [0.2, 0.25) is 0 Å². The lowest BCUT2D eigenvalue weighted by molar-refractivity contribution is -0.0234. The average Bonchev–Trinajstić information content (AvgIpc) is 2.00. The summed E-state index contributed by atoms with van der Waals surface area (Å²) < 4.78 is 0. The smallest absolute Gasteiger partial charge is 0.0320 e. The highest BCUT2D eigenvalue weighted by atomic mass is 14.5. The Morgan fingerprint density at radius 3 is 2.83 bits per heavy atom. The van der Waals surface area contributed by atoms with Crippen LogP contribution >= 0.6 is 0 Å². The zero-order valence-corrected chi connectivity index (χ0v) is 8.18. The van der Waals surface area contributed by atoms with E-state index in [0.717, 1.165) is 23.2 Å². The molecule has 0 nitrogen and oxygen atoms in total. The summed E-state index contributed by atoms with van der Waals surface area (Å²) in [5, 5.41) is 0. The van der Waals surface area contributed by atoms with Gasteiger partial charge in [-0.1, -0.05) is 13.3 Å². The van der Waals surface area contributed by atoms with Crippen molar-refractivity contribution in [2.75, 3.05) is 0 Å². The van der Waals surface area contributed by atoms with Gasteiger partial charge in [-0.25, -0.2) is 0 Å². The molecule has 3 aliphatic rings. The van der Waals surface area contributed by atoms with Crippen LogP contribution in [-0.4, -0.2) is 0 Å². The lowest BCUT2D eigenvalue weighted by Crippen LogP contribution is -2.42. The molecular weight excluding hydrogens is 144 g/mol. The van der Waals surface area contributed by atoms with Crippen molar-refractivity contribution in [2.45, 2.75) is 51.9 Å². The van der Waals surface area contributed by atoms with Gasteiger partial charge in [-0.15, -0.1) is 0 Å². The van der Waals surface area contributed by atoms with Crippen molar-refractivity contribution in [1.29, 1.82) is 0 Å². The van der Waals surface area contributed by atoms with Crippen molar-refractivity contribution in [3.8, 4) is 0 Å². The van der Waals surface area contributed by atoms with Gasteiger partial charge in [0.25, 0.3) is 0 Å². The summed E-state index contributed by atoms with van der Waals surface area (Å²) in [4.78, 5) is 0. The molecule has 12 heavy (non-hydrogen) atoms. The van der Waals surface area contributed by atoms with Crippen LogP contribution in [0.3, 0.4) is 0 Å². The second-order valence-corrected chi connectivity index (χ2v) is 5.96. The Balaban J connectivity index is 1.91. The highest BCUT2D eigenvalue weighted by molar-refractivity contribution is 4.97. The number of fused-ring (bicyclic) bond motifs is 2. The molecule has 0 aromatic rings. The largest absolute Gasteiger partial charge is 0.0596 e. The Kier molecular flexibility index (Phi) is 1.40. The van der Waals surface area contributed by atoms with Crippen LogP contribution in [0, 0.1) is 23.2 Å². The molecular formula is C12H20. The third-order valence-corrected chi connectivity index (χ3v) is 4.90. The molecule has 0 N–H and O–H groups in total. The second-order valence-electron chi connectivity index (χ2n) is 5.96. The van der Waals surface area contributed by atoms with Crippen molar-refractivity contribution >= 4 is 0 Å². The molecule has 3 rings (SSSR count). The Bertz CT molecular complexity index is 192. The molecule has 0 aromatic heterocycles. The molecule has 3 fully saturated rings. The molecule has 3 bridgehead atoms. The maximum absolute atomic E-state index is 2.55. The van der Waals surface area contributed by atoms with Crippen molar-refractivity contribution < 1.29 is 0 Å². The summed E-state index contributed by atoms with van der Waals surface area (Å²) >= 11 is 0. The highest BCUT2D eigenvalue weighted by Crippen LogP contribution is 2.57. The lowest BCUT2D eigenvalue weighted by Gasteiger charge is -2.53. The van der Waals surface area contributed by atoms with Crippen molar-refractivity contribution in [3.05, 3.63) is 0 Å². The summed E-state index contributed by atoms with van der Waals surface area (Å²) in [5.74, 6) is 3.43. The standard InChI is InChI=1S/C12H20/c1-12-5-4-10-3-2-9(7-12)6-11(10)8-12/h9-11H,2-8H2,1H3. The summed E-state index contributed by atoms with van der Waals surface area (Å²) in [6, 6.07) is 0. The van der Waals surface area contributed by atoms with Crippen LogP contribution < -0.4 is 0 Å². The predicted molar refractivity (Wildman–Crippen MR) is 50.9 cm³/mol. The number of hydrogen-bond acceptors (Lipinski definition) is 0. The minimum absolute atomic E-state index is 0.782. The zero-order chi connectivity index (χ0) is 8.18. The quantitative estimate of drug-likeness (QED) is 0.513. The Labute approximate surface area is 75.7 Å². The minimum Gasteiger partial charge on any atom is -0.0596 e. The van der Waals surface area contributed by atoms with Gasteiger partial charge in [0.05, 0.1) is 0 Å². The van der Waals surface area contributed by atoms with Crippen molar-refractivity contribution in [1.82, 2.24) is 0 Å². The van der Waals surface area contributed by atoms with E-state index in [-0.39, 0.29) is 0 Å². The van der Waals surface area contributed by atoms with Crippen LogP contribution in [0.5, 0.6) is 0 Å². The van der Waals surface area contributed by atoms with Crippen molar-refractivity contribution in [2.24, 2.45) is 23.2 Å². The second kappa shape index (κ2) is 2.27. The van der Waals surface area contributed by atoms with E-state index in [1.165, 1.54) is 0 Å². The maximum Gasteiger partial charge on any atom is -0.0320 e. The maximum atomic E-state index is 2.55. The molecule has 4 unspecified atom stereocenters. The van der Waals surface area contributed by atoms with Crippen LogP contribution in [0.1, 0.15) is 51.9 Å². The fraction of sp³-hybridized carbons (Fsp3) is 1.00. The predicted octanol–water partition coefficient (Wildman–Crippen LogP) is 3.61. The van der Waals surface area contributed by atoms with Crippen LogP contribution in [0.15, 0.2) is 0 Å². The Morgan fingerprint density at radius 1 is 1.00 bits per heavy atom. The Morgan fingerprint density at radius 2 is 1.92 bits per heavy atom. The molecule has 0 saturated heterocycles. The van der Waals surface area contributed by atoms with E-state index >= 15 is 0 Å². The average molecular weight is 164 g/mol. The third kappa shape index (κ3) is 0.963. The fourth-order valence-electron chi connectivity index (χ4n) is 4.39. The molecule has 4 atom stereocenters. The summed E-state index contributed by atoms with van der Waals surface area (Å²) in [6.45, 7) is 2.55. The lowest BCUT2D eigenvalue weighted by atomic mass is 9.52. The molecule has 3 saturated carbocycles. The van der Waals surface area contributed by atoms with Crippen LogP contribution in [0.25, 0.3) is 0 Å². The van der Waals surface area contributed by atoms with E-state index in [9.17, 15) is 0 Å². The number of rotatable bonds is 0. The monoisotopic (exact) mass is 164 g/mol. The van der Waals surface area contributed by atoms with E-state index in [1.54, 1.807) is 44.9 Å². The van der Waals surface area contributed by atoms with E-state index in [1.807, 2.05) is 0 Å². The summed E-state index contributed by atoms with van der Waals surface area (Å²) in [7, 11) is 0. The molecule has 3 aliphatic carbocycles. The van der Waals surface area contributed by atoms with Crippen LogP contribution in [0.4, 0.5) is 0 Å². The fourth-order valence-corrected chi connectivity index (χ4v) is 4.39. The normalized spacial score (nSPS) is 57.2. The molecule has 0 amide bonds. The van der Waals surface area contributed by atoms with E-state index in [0.29, 0.717) is 0 Å². The van der Waals surface area contributed by atoms with Crippen LogP contribution in [-0.2, 0) is 0 Å². The molecule has 0 heteroatoms. The van der Waals surface area contributed by atoms with Gasteiger partial charge in [0.1, 0.15) is 0 Å². The third-order valence-electron chi connectivity index (χ3n) is 4.90. The SMILES string of the molecule is CC12CCC3CCC(CC3C1)C2. The van der Waals surface area contributed by atoms with Gasteiger partial charge in [-0.3, -0.25) is 0 Å². The first-order valence-corrected chi connectivity index (χ1v) is 5.75. The first kappa shape index (κ1) is 7.41.